The summed E-state index contributed by atoms with van der Waals surface area (Å²) in [5.41, 5.74) is 0.472. The fraction of sp³-hybridized carbons (Fsp3) is 0.800. The Hall–Kier alpha value is -1.37. The molecule has 22 heavy (non-hydrogen) atoms. The number of rotatable bonds is 1. The van der Waals surface area contributed by atoms with Crippen LogP contribution in [0, 0.1) is 0 Å². The Bertz CT molecular complexity index is 432. The molecule has 2 heterocycles. The fourth-order valence-corrected chi connectivity index (χ4v) is 5.13. The Morgan fingerprint density at radius 2 is 1.86 bits per heavy atom. The van der Waals surface area contributed by atoms with Crippen LogP contribution in [0.2, 0.25) is 19.6 Å². The molecular formula is C15H29N2O4Si+. The van der Waals surface area contributed by atoms with Crippen molar-refractivity contribution in [3.8, 4) is 0 Å². The number of ether oxygens (including phenoxy) is 2. The average Bonchev–Trinajstić information content (AvgIpc) is 3.16. The Labute approximate surface area is 134 Å². The number of hydrogen-bond donors (Lipinski definition) is 0. The zero-order chi connectivity index (χ0) is 16.8. The number of amides is 2. The van der Waals surface area contributed by atoms with Crippen molar-refractivity contribution in [3.63, 3.8) is 0 Å². The van der Waals surface area contributed by atoms with Crippen molar-refractivity contribution in [3.05, 3.63) is 0 Å². The van der Waals surface area contributed by atoms with Crippen molar-refractivity contribution in [1.82, 2.24) is 4.90 Å². The van der Waals surface area contributed by atoms with E-state index in [-0.39, 0.29) is 12.2 Å². The molecule has 2 aliphatic rings. The lowest BCUT2D eigenvalue weighted by Gasteiger charge is -2.32. The average molecular weight is 329 g/mol. The van der Waals surface area contributed by atoms with E-state index in [4.69, 9.17) is 4.74 Å². The van der Waals surface area contributed by atoms with Gasteiger partial charge in [0.2, 0.25) is 0 Å². The highest BCUT2D eigenvalue weighted by Crippen LogP contribution is 2.26. The van der Waals surface area contributed by atoms with Crippen LogP contribution in [-0.4, -0.2) is 68.9 Å². The molecule has 0 N–H and O–H groups in total. The summed E-state index contributed by atoms with van der Waals surface area (Å²) in [6, 6.07) is 0. The second kappa shape index (κ2) is 8.31. The molecule has 2 amide bonds. The lowest BCUT2D eigenvalue weighted by atomic mass is 10.4. The summed E-state index contributed by atoms with van der Waals surface area (Å²) in [6.07, 6.45) is 5.82. The SMILES string of the molecule is COC(=O)N1CCCC1[Si](C)(C)C.COC(=O)[N+]1=CCCC1. The third-order valence-corrected chi connectivity index (χ3v) is 6.62. The van der Waals surface area contributed by atoms with Gasteiger partial charge >= 0.3 is 12.2 Å². The van der Waals surface area contributed by atoms with Crippen LogP contribution in [0.1, 0.15) is 25.7 Å². The molecule has 0 bridgehead atoms. The van der Waals surface area contributed by atoms with Gasteiger partial charge in [0.1, 0.15) is 0 Å². The lowest BCUT2D eigenvalue weighted by molar-refractivity contribution is -0.432. The van der Waals surface area contributed by atoms with Crippen LogP contribution >= 0.6 is 0 Å². The van der Waals surface area contributed by atoms with Crippen LogP contribution in [0.5, 0.6) is 0 Å². The number of nitrogens with zero attached hydrogens (tertiary/aromatic N) is 2. The fourth-order valence-electron chi connectivity index (χ4n) is 2.89. The molecule has 1 atom stereocenters. The van der Waals surface area contributed by atoms with Gasteiger partial charge in [-0.3, -0.25) is 0 Å². The summed E-state index contributed by atoms with van der Waals surface area (Å²) < 4.78 is 10.9. The van der Waals surface area contributed by atoms with Gasteiger partial charge < -0.3 is 14.4 Å². The predicted octanol–water partition coefficient (Wildman–Crippen LogP) is 2.72. The van der Waals surface area contributed by atoms with Gasteiger partial charge in [-0.15, -0.1) is 4.58 Å². The summed E-state index contributed by atoms with van der Waals surface area (Å²) in [5.74, 6) is 0. The molecule has 0 aliphatic carbocycles. The summed E-state index contributed by atoms with van der Waals surface area (Å²) in [7, 11) is 1.62. The van der Waals surface area contributed by atoms with Gasteiger partial charge in [-0.2, -0.15) is 4.79 Å². The monoisotopic (exact) mass is 329 g/mol. The van der Waals surface area contributed by atoms with Crippen LogP contribution in [0.15, 0.2) is 0 Å². The molecule has 0 aromatic heterocycles. The van der Waals surface area contributed by atoms with E-state index in [9.17, 15) is 9.59 Å². The van der Waals surface area contributed by atoms with Gasteiger partial charge in [-0.1, -0.05) is 19.6 Å². The first-order chi connectivity index (χ1) is 10.3. The maximum Gasteiger partial charge on any atom is 0.595 e. The molecule has 1 unspecified atom stereocenters. The Kier molecular flexibility index (Phi) is 7.05. The number of hydrogen-bond acceptors (Lipinski definition) is 4. The smallest absolute Gasteiger partial charge is 0.453 e. The van der Waals surface area contributed by atoms with Crippen LogP contribution < -0.4 is 0 Å². The summed E-state index contributed by atoms with van der Waals surface area (Å²) >= 11 is 0. The Morgan fingerprint density at radius 3 is 2.32 bits per heavy atom. The van der Waals surface area contributed by atoms with Crippen molar-refractivity contribution in [2.24, 2.45) is 0 Å². The van der Waals surface area contributed by atoms with E-state index in [2.05, 4.69) is 24.4 Å². The van der Waals surface area contributed by atoms with Crippen molar-refractivity contribution in [2.45, 2.75) is 51.0 Å². The minimum absolute atomic E-state index is 0.148. The van der Waals surface area contributed by atoms with E-state index in [1.807, 2.05) is 11.1 Å². The Morgan fingerprint density at radius 1 is 1.18 bits per heavy atom. The zero-order valence-corrected chi connectivity index (χ0v) is 15.4. The van der Waals surface area contributed by atoms with Crippen LogP contribution in [-0.2, 0) is 9.47 Å². The van der Waals surface area contributed by atoms with Gasteiger partial charge in [0.25, 0.3) is 0 Å². The largest absolute Gasteiger partial charge is 0.595 e. The third kappa shape index (κ3) is 5.12. The van der Waals surface area contributed by atoms with Crippen molar-refractivity contribution in [2.75, 3.05) is 27.3 Å². The van der Waals surface area contributed by atoms with E-state index in [0.29, 0.717) is 5.67 Å². The highest BCUT2D eigenvalue weighted by atomic mass is 28.3. The van der Waals surface area contributed by atoms with Crippen LogP contribution in [0.25, 0.3) is 0 Å². The Balaban J connectivity index is 0.000000235. The predicted molar refractivity (Wildman–Crippen MR) is 88.3 cm³/mol. The standard InChI is InChI=1S/C9H19NO2Si.C6H10NO2/c1-12-9(11)10-7-5-6-8(10)13(2,3)4;1-9-6(8)7-4-2-3-5-7/h8H,5-7H2,1-4H3;4H,2-3,5H2,1H3/q;+1. The quantitative estimate of drug-likeness (QED) is 0.548. The molecule has 1 fully saturated rings. The number of carbonyl (C=O) groups excluding carboxylic acids is 2. The topological polar surface area (TPSA) is 58.8 Å². The normalized spacial score (nSPS) is 20.9. The molecular weight excluding hydrogens is 300 g/mol. The number of likely N-dealkylation sites (tertiary alicyclic amines) is 1. The number of carbonyl (C=O) groups is 2. The van der Waals surface area contributed by atoms with E-state index >= 15 is 0 Å². The molecule has 0 saturated carbocycles. The first-order valence-corrected chi connectivity index (χ1v) is 11.4. The molecule has 0 spiro atoms. The van der Waals surface area contributed by atoms with E-state index in [1.165, 1.54) is 14.2 Å². The maximum atomic E-state index is 11.4. The molecule has 0 radical (unpaired) electrons. The molecule has 6 nitrogen and oxygen atoms in total. The van der Waals surface area contributed by atoms with E-state index in [0.717, 1.165) is 38.8 Å². The maximum absolute atomic E-state index is 11.4. The second-order valence-electron chi connectivity index (χ2n) is 6.68. The molecule has 0 aromatic rings. The van der Waals surface area contributed by atoms with Crippen molar-refractivity contribution in [1.29, 1.82) is 0 Å². The van der Waals surface area contributed by atoms with E-state index in [1.54, 1.807) is 4.58 Å². The zero-order valence-electron chi connectivity index (χ0n) is 14.4. The summed E-state index contributed by atoms with van der Waals surface area (Å²) in [4.78, 5) is 24.0. The first-order valence-electron chi connectivity index (χ1n) is 7.83. The van der Waals surface area contributed by atoms with Crippen molar-refractivity contribution < 1.29 is 23.6 Å². The van der Waals surface area contributed by atoms with Gasteiger partial charge in [0.15, 0.2) is 12.8 Å². The summed E-state index contributed by atoms with van der Waals surface area (Å²) in [6.45, 7) is 8.60. The number of methoxy groups -OCH3 is 2. The second-order valence-corrected chi connectivity index (χ2v) is 12.1. The summed E-state index contributed by atoms with van der Waals surface area (Å²) in [5, 5.41) is 0. The van der Waals surface area contributed by atoms with Gasteiger partial charge in [-0.05, 0) is 12.8 Å². The molecule has 7 heteroatoms. The third-order valence-electron chi connectivity index (χ3n) is 4.02. The van der Waals surface area contributed by atoms with Gasteiger partial charge in [-0.25, -0.2) is 4.79 Å². The molecule has 2 rings (SSSR count). The van der Waals surface area contributed by atoms with Crippen molar-refractivity contribution >= 4 is 26.5 Å². The molecule has 2 aliphatic heterocycles. The first kappa shape index (κ1) is 18.7. The molecule has 1 saturated heterocycles. The minimum atomic E-state index is -1.24. The molecule has 0 aromatic carbocycles. The minimum Gasteiger partial charge on any atom is -0.453 e. The lowest BCUT2D eigenvalue weighted by Crippen LogP contribution is -2.49. The van der Waals surface area contributed by atoms with Crippen LogP contribution in [0.3, 0.4) is 0 Å². The van der Waals surface area contributed by atoms with Gasteiger partial charge in [0.05, 0.1) is 22.3 Å². The highest BCUT2D eigenvalue weighted by molar-refractivity contribution is 6.77. The van der Waals surface area contributed by atoms with Crippen LogP contribution in [0.4, 0.5) is 9.59 Å². The van der Waals surface area contributed by atoms with E-state index < -0.39 is 8.07 Å². The van der Waals surface area contributed by atoms with Gasteiger partial charge in [0, 0.05) is 25.1 Å². The molecule has 126 valence electrons. The highest BCUT2D eigenvalue weighted by Gasteiger charge is 2.38.